The third-order valence-corrected chi connectivity index (χ3v) is 1.48. The van der Waals surface area contributed by atoms with Crippen molar-refractivity contribution in [2.24, 2.45) is 10.6 Å². The Labute approximate surface area is 81.1 Å². The molecule has 0 aromatic rings. The summed E-state index contributed by atoms with van der Waals surface area (Å²) in [5, 5.41) is 3.87. The normalized spacial score (nSPS) is 13.7. The third kappa shape index (κ3) is 7.78. The molecule has 3 heteroatoms. The lowest BCUT2D eigenvalue weighted by Gasteiger charge is -2.20. The highest BCUT2D eigenvalue weighted by Crippen LogP contribution is 2.10. The fourth-order valence-corrected chi connectivity index (χ4v) is 0.447. The molecule has 3 nitrogen and oxygen atoms in total. The molecular formula is C10H21NO2. The van der Waals surface area contributed by atoms with Gasteiger partial charge < -0.3 is 9.57 Å². The molecule has 0 aromatic heterocycles. The molecule has 0 fully saturated rings. The zero-order valence-corrected chi connectivity index (χ0v) is 9.55. The average molecular weight is 187 g/mol. The van der Waals surface area contributed by atoms with Gasteiger partial charge in [0.05, 0.1) is 5.60 Å². The summed E-state index contributed by atoms with van der Waals surface area (Å²) in [6, 6.07) is 0. The smallest absolute Gasteiger partial charge is 0.145 e. The van der Waals surface area contributed by atoms with E-state index in [1.807, 2.05) is 13.8 Å². The van der Waals surface area contributed by atoms with E-state index in [0.29, 0.717) is 6.61 Å². The molecule has 0 spiro atoms. The van der Waals surface area contributed by atoms with E-state index < -0.39 is 0 Å². The Kier molecular flexibility index (Phi) is 4.40. The minimum Gasteiger partial charge on any atom is -0.393 e. The predicted molar refractivity (Wildman–Crippen MR) is 55.0 cm³/mol. The van der Waals surface area contributed by atoms with Crippen LogP contribution in [0.5, 0.6) is 0 Å². The average Bonchev–Trinajstić information content (AvgIpc) is 1.97. The van der Waals surface area contributed by atoms with Crippen LogP contribution in [-0.4, -0.2) is 25.5 Å². The summed E-state index contributed by atoms with van der Waals surface area (Å²) in [4.78, 5) is 5.11. The number of hydrogen-bond acceptors (Lipinski definition) is 3. The predicted octanol–water partition coefficient (Wildman–Crippen LogP) is 2.46. The molecule has 0 saturated carbocycles. The first-order valence-electron chi connectivity index (χ1n) is 4.48. The van der Waals surface area contributed by atoms with E-state index in [9.17, 15) is 0 Å². The van der Waals surface area contributed by atoms with Crippen molar-refractivity contribution in [3.05, 3.63) is 0 Å². The van der Waals surface area contributed by atoms with Crippen LogP contribution in [0, 0.1) is 5.41 Å². The molecule has 0 aliphatic carbocycles. The summed E-state index contributed by atoms with van der Waals surface area (Å²) in [6.45, 7) is 10.6. The van der Waals surface area contributed by atoms with Crippen molar-refractivity contribution < 1.29 is 9.57 Å². The van der Waals surface area contributed by atoms with E-state index >= 15 is 0 Å². The summed E-state index contributed by atoms with van der Waals surface area (Å²) in [5.74, 6) is 0. The van der Waals surface area contributed by atoms with Gasteiger partial charge in [0.15, 0.2) is 0 Å². The van der Waals surface area contributed by atoms with Gasteiger partial charge in [-0.3, -0.25) is 0 Å². The van der Waals surface area contributed by atoms with Crippen LogP contribution in [0.4, 0.5) is 0 Å². The Morgan fingerprint density at radius 2 is 1.69 bits per heavy atom. The summed E-state index contributed by atoms with van der Waals surface area (Å²) < 4.78 is 5.17. The fraction of sp³-hybridized carbons (Fsp3) is 0.900. The van der Waals surface area contributed by atoms with Crippen LogP contribution in [0.25, 0.3) is 0 Å². The first-order chi connectivity index (χ1) is 5.77. The van der Waals surface area contributed by atoms with Gasteiger partial charge in [-0.1, -0.05) is 25.9 Å². The topological polar surface area (TPSA) is 30.8 Å². The maximum absolute atomic E-state index is 5.17. The van der Waals surface area contributed by atoms with Gasteiger partial charge >= 0.3 is 0 Å². The SMILES string of the molecule is COC(C)(C)CO/N=C\C(C)(C)C. The maximum Gasteiger partial charge on any atom is 0.145 e. The van der Waals surface area contributed by atoms with Crippen LogP contribution in [0.15, 0.2) is 5.16 Å². The molecule has 0 aromatic carbocycles. The van der Waals surface area contributed by atoms with Gasteiger partial charge in [-0.15, -0.1) is 0 Å². The second kappa shape index (κ2) is 4.61. The molecule has 0 heterocycles. The first-order valence-corrected chi connectivity index (χ1v) is 4.48. The minimum atomic E-state index is -0.269. The van der Waals surface area contributed by atoms with E-state index in [1.165, 1.54) is 0 Å². The number of methoxy groups -OCH3 is 1. The lowest BCUT2D eigenvalue weighted by molar-refractivity contribution is -0.0496. The van der Waals surface area contributed by atoms with E-state index in [2.05, 4.69) is 25.9 Å². The Morgan fingerprint density at radius 1 is 1.15 bits per heavy atom. The summed E-state index contributed by atoms with van der Waals surface area (Å²) in [5.41, 5.74) is -0.202. The number of rotatable bonds is 4. The van der Waals surface area contributed by atoms with Crippen LogP contribution in [0.3, 0.4) is 0 Å². The van der Waals surface area contributed by atoms with Crippen LogP contribution in [0.2, 0.25) is 0 Å². The minimum absolute atomic E-state index is 0.0667. The van der Waals surface area contributed by atoms with Crippen molar-refractivity contribution in [3.8, 4) is 0 Å². The fourth-order valence-electron chi connectivity index (χ4n) is 0.447. The van der Waals surface area contributed by atoms with Crippen molar-refractivity contribution >= 4 is 6.21 Å². The van der Waals surface area contributed by atoms with Crippen LogP contribution in [0.1, 0.15) is 34.6 Å². The van der Waals surface area contributed by atoms with Crippen LogP contribution < -0.4 is 0 Å². The van der Waals surface area contributed by atoms with Crippen molar-refractivity contribution in [3.63, 3.8) is 0 Å². The van der Waals surface area contributed by atoms with Gasteiger partial charge in [0.1, 0.15) is 6.61 Å². The Balaban J connectivity index is 3.74. The molecule has 0 aliphatic heterocycles. The van der Waals surface area contributed by atoms with E-state index in [0.717, 1.165) is 0 Å². The second-order valence-electron chi connectivity index (χ2n) is 4.84. The Morgan fingerprint density at radius 3 is 2.08 bits per heavy atom. The zero-order chi connectivity index (χ0) is 10.5. The molecule has 0 unspecified atom stereocenters. The number of hydrogen-bond donors (Lipinski definition) is 0. The standard InChI is InChI=1S/C10H21NO2/c1-9(2,3)7-11-13-8-10(4,5)12-6/h7H,8H2,1-6H3/b11-7-. The monoisotopic (exact) mass is 187 g/mol. The summed E-state index contributed by atoms with van der Waals surface area (Å²) >= 11 is 0. The third-order valence-electron chi connectivity index (χ3n) is 1.48. The van der Waals surface area contributed by atoms with Crippen molar-refractivity contribution in [2.45, 2.75) is 40.2 Å². The summed E-state index contributed by atoms with van der Waals surface area (Å²) in [7, 11) is 1.66. The van der Waals surface area contributed by atoms with Gasteiger partial charge in [0, 0.05) is 18.7 Å². The molecule has 0 N–H and O–H groups in total. The second-order valence-corrected chi connectivity index (χ2v) is 4.84. The highest BCUT2D eigenvalue weighted by Gasteiger charge is 2.17. The van der Waals surface area contributed by atoms with Crippen molar-refractivity contribution in [2.75, 3.05) is 13.7 Å². The van der Waals surface area contributed by atoms with Gasteiger partial charge in [-0.2, -0.15) is 0 Å². The van der Waals surface area contributed by atoms with Crippen LogP contribution in [-0.2, 0) is 9.57 Å². The van der Waals surface area contributed by atoms with Gasteiger partial charge in [-0.05, 0) is 13.8 Å². The highest BCUT2D eigenvalue weighted by atomic mass is 16.6. The summed E-state index contributed by atoms with van der Waals surface area (Å²) in [6.07, 6.45) is 1.79. The van der Waals surface area contributed by atoms with Gasteiger partial charge in [-0.25, -0.2) is 0 Å². The molecule has 0 aliphatic rings. The zero-order valence-electron chi connectivity index (χ0n) is 9.55. The first kappa shape index (κ1) is 12.4. The molecule has 0 radical (unpaired) electrons. The molecule has 0 amide bonds. The Bertz CT molecular complexity index is 168. The molecule has 0 bridgehead atoms. The van der Waals surface area contributed by atoms with Gasteiger partial charge in [0.25, 0.3) is 0 Å². The number of oxime groups is 1. The van der Waals surface area contributed by atoms with Crippen LogP contribution >= 0.6 is 0 Å². The molecule has 78 valence electrons. The molecule has 13 heavy (non-hydrogen) atoms. The van der Waals surface area contributed by atoms with Crippen molar-refractivity contribution in [1.82, 2.24) is 0 Å². The maximum atomic E-state index is 5.17. The lowest BCUT2D eigenvalue weighted by Crippen LogP contribution is -2.28. The Hall–Kier alpha value is -0.570. The molecular weight excluding hydrogens is 166 g/mol. The van der Waals surface area contributed by atoms with E-state index in [1.54, 1.807) is 13.3 Å². The lowest BCUT2D eigenvalue weighted by atomic mass is 10.00. The van der Waals surface area contributed by atoms with Crippen molar-refractivity contribution in [1.29, 1.82) is 0 Å². The molecule has 0 atom stereocenters. The molecule has 0 saturated heterocycles. The molecule has 0 rings (SSSR count). The van der Waals surface area contributed by atoms with Gasteiger partial charge in [0.2, 0.25) is 0 Å². The number of ether oxygens (including phenoxy) is 1. The van der Waals surface area contributed by atoms with E-state index in [4.69, 9.17) is 9.57 Å². The van der Waals surface area contributed by atoms with E-state index in [-0.39, 0.29) is 11.0 Å². The highest BCUT2D eigenvalue weighted by molar-refractivity contribution is 5.63. The largest absolute Gasteiger partial charge is 0.393 e. The number of nitrogens with zero attached hydrogens (tertiary/aromatic N) is 1. The quantitative estimate of drug-likeness (QED) is 0.500.